The van der Waals surface area contributed by atoms with E-state index in [1.54, 1.807) is 22.5 Å². The Hall–Kier alpha value is -2.71. The van der Waals surface area contributed by atoms with Crippen molar-refractivity contribution in [2.45, 2.75) is 59.2 Å². The van der Waals surface area contributed by atoms with Gasteiger partial charge < -0.3 is 9.32 Å². The summed E-state index contributed by atoms with van der Waals surface area (Å²) in [5.41, 5.74) is 0.727. The lowest BCUT2D eigenvalue weighted by Crippen LogP contribution is -2.29. The number of hydrogen-bond donors (Lipinski definition) is 0. The number of amides is 1. The van der Waals surface area contributed by atoms with Gasteiger partial charge in [0.1, 0.15) is 16.4 Å². The predicted octanol–water partition coefficient (Wildman–Crippen LogP) is 5.30. The van der Waals surface area contributed by atoms with E-state index < -0.39 is 0 Å². The third kappa shape index (κ3) is 3.93. The van der Waals surface area contributed by atoms with Crippen molar-refractivity contribution < 1.29 is 9.21 Å². The molecule has 6 nitrogen and oxygen atoms in total. The number of carbonyl (C=O) groups is 1. The average Bonchev–Trinajstić information content (AvgIpc) is 3.45. The molecule has 0 saturated heterocycles. The summed E-state index contributed by atoms with van der Waals surface area (Å²) in [7, 11) is 0. The van der Waals surface area contributed by atoms with E-state index in [2.05, 4.69) is 19.1 Å². The first-order chi connectivity index (χ1) is 15.5. The van der Waals surface area contributed by atoms with E-state index in [4.69, 9.17) is 9.40 Å². The molecule has 0 fully saturated rings. The Morgan fingerprint density at radius 3 is 2.78 bits per heavy atom. The van der Waals surface area contributed by atoms with Gasteiger partial charge in [0.05, 0.1) is 29.6 Å². The lowest BCUT2D eigenvalue weighted by molar-refractivity contribution is 0.0724. The van der Waals surface area contributed by atoms with Crippen LogP contribution in [0.15, 0.2) is 39.7 Å². The van der Waals surface area contributed by atoms with Crippen molar-refractivity contribution in [1.29, 1.82) is 0 Å². The fourth-order valence-corrected chi connectivity index (χ4v) is 6.37. The molecule has 166 valence electrons. The molecule has 1 aliphatic rings. The summed E-state index contributed by atoms with van der Waals surface area (Å²) in [6.45, 7) is 5.51. The minimum absolute atomic E-state index is 0.00818. The molecule has 32 heavy (non-hydrogen) atoms. The molecule has 4 aromatic rings. The lowest BCUT2D eigenvalue weighted by Gasteiger charge is -2.21. The molecule has 1 aliphatic heterocycles. The maximum Gasteiger partial charge on any atom is 0.265 e. The minimum Gasteiger partial charge on any atom is -0.467 e. The van der Waals surface area contributed by atoms with Crippen LogP contribution in [-0.4, -0.2) is 20.4 Å². The Morgan fingerprint density at radius 2 is 2.03 bits per heavy atom. The highest BCUT2D eigenvalue weighted by molar-refractivity contribution is 7.20. The summed E-state index contributed by atoms with van der Waals surface area (Å²) in [6.07, 6.45) is 5.59. The summed E-state index contributed by atoms with van der Waals surface area (Å²) in [6, 6.07) is 7.84. The number of rotatable bonds is 5. The van der Waals surface area contributed by atoms with Crippen molar-refractivity contribution in [2.24, 2.45) is 0 Å². The van der Waals surface area contributed by atoms with Crippen LogP contribution < -0.4 is 5.56 Å². The van der Waals surface area contributed by atoms with Crippen molar-refractivity contribution in [3.05, 3.63) is 72.7 Å². The number of hydrogen-bond acceptors (Lipinski definition) is 6. The lowest BCUT2D eigenvalue weighted by atomic mass is 10.2. The first-order valence-electron chi connectivity index (χ1n) is 10.9. The normalized spacial score (nSPS) is 13.8. The Balaban J connectivity index is 1.55. The molecule has 0 bridgehead atoms. The molecule has 0 aromatic carbocycles. The van der Waals surface area contributed by atoms with E-state index >= 15 is 0 Å². The topological polar surface area (TPSA) is 68.3 Å². The molecule has 5 rings (SSSR count). The fourth-order valence-electron chi connectivity index (χ4n) is 4.31. The van der Waals surface area contributed by atoms with Crippen molar-refractivity contribution in [2.75, 3.05) is 0 Å². The van der Waals surface area contributed by atoms with Crippen molar-refractivity contribution >= 4 is 38.8 Å². The van der Waals surface area contributed by atoms with Crippen LogP contribution in [-0.2, 0) is 26.1 Å². The van der Waals surface area contributed by atoms with Gasteiger partial charge in [0, 0.05) is 22.7 Å². The Bertz CT molecular complexity index is 1330. The van der Waals surface area contributed by atoms with Gasteiger partial charge in [-0.2, -0.15) is 0 Å². The number of nitrogens with zero attached hydrogens (tertiary/aromatic N) is 3. The van der Waals surface area contributed by atoms with Crippen LogP contribution in [0, 0.1) is 13.8 Å². The molecule has 1 amide bonds. The molecule has 4 aromatic heterocycles. The summed E-state index contributed by atoms with van der Waals surface area (Å²) in [5.74, 6) is 1.49. The van der Waals surface area contributed by atoms with Gasteiger partial charge in [-0.05, 0) is 56.5 Å². The van der Waals surface area contributed by atoms with Crippen molar-refractivity contribution in [1.82, 2.24) is 14.5 Å². The van der Waals surface area contributed by atoms with Crippen molar-refractivity contribution in [3.63, 3.8) is 0 Å². The van der Waals surface area contributed by atoms with Gasteiger partial charge in [0.2, 0.25) is 0 Å². The van der Waals surface area contributed by atoms with Gasteiger partial charge >= 0.3 is 0 Å². The molecule has 0 unspecified atom stereocenters. The van der Waals surface area contributed by atoms with E-state index in [1.165, 1.54) is 16.2 Å². The SMILES string of the molecule is Cc1ccc(CN(Cc2ccco2)C(=O)c2sc3nc4n(c(=O)c3c2C)CCCCC4)s1. The maximum absolute atomic E-state index is 13.7. The van der Waals surface area contributed by atoms with Crippen LogP contribution >= 0.6 is 22.7 Å². The summed E-state index contributed by atoms with van der Waals surface area (Å²) in [5, 5.41) is 0.592. The van der Waals surface area contributed by atoms with Crippen LogP contribution in [0.25, 0.3) is 10.2 Å². The molecule has 0 aliphatic carbocycles. The summed E-state index contributed by atoms with van der Waals surface area (Å²) >= 11 is 3.02. The molecule has 8 heteroatoms. The molecular weight excluding hydrogens is 442 g/mol. The zero-order chi connectivity index (χ0) is 22.2. The molecular formula is C24H25N3O3S2. The molecule has 0 atom stereocenters. The van der Waals surface area contributed by atoms with Crippen molar-refractivity contribution in [3.8, 4) is 0 Å². The number of furan rings is 1. The first-order valence-corrected chi connectivity index (χ1v) is 12.5. The Kier molecular flexibility index (Phi) is 5.73. The second kappa shape index (κ2) is 8.67. The van der Waals surface area contributed by atoms with E-state index in [1.807, 2.05) is 23.6 Å². The highest BCUT2D eigenvalue weighted by atomic mass is 32.1. The van der Waals surface area contributed by atoms with Crippen LogP contribution in [0.3, 0.4) is 0 Å². The highest BCUT2D eigenvalue weighted by Gasteiger charge is 2.26. The van der Waals surface area contributed by atoms with E-state index in [9.17, 15) is 9.59 Å². The molecule has 0 radical (unpaired) electrons. The Morgan fingerprint density at radius 1 is 1.16 bits per heavy atom. The monoisotopic (exact) mass is 467 g/mol. The number of carbonyl (C=O) groups excluding carboxylic acids is 1. The number of aryl methyl sites for hydroxylation is 3. The predicted molar refractivity (Wildman–Crippen MR) is 128 cm³/mol. The largest absolute Gasteiger partial charge is 0.467 e. The fraction of sp³-hybridized carbons (Fsp3) is 0.375. The first kappa shape index (κ1) is 21.2. The second-order valence-corrected chi connectivity index (χ2v) is 10.7. The van der Waals surface area contributed by atoms with Gasteiger partial charge in [0.25, 0.3) is 11.5 Å². The second-order valence-electron chi connectivity index (χ2n) is 8.28. The van der Waals surface area contributed by atoms with E-state index in [0.29, 0.717) is 34.7 Å². The van der Waals surface area contributed by atoms with Crippen LogP contribution in [0.4, 0.5) is 0 Å². The van der Waals surface area contributed by atoms with Gasteiger partial charge in [0.15, 0.2) is 0 Å². The van der Waals surface area contributed by atoms with E-state index in [0.717, 1.165) is 47.7 Å². The summed E-state index contributed by atoms with van der Waals surface area (Å²) in [4.78, 5) is 37.2. The number of aromatic nitrogens is 2. The van der Waals surface area contributed by atoms with Crippen LogP contribution in [0.1, 0.15) is 55.8 Å². The molecule has 5 heterocycles. The van der Waals surface area contributed by atoms with Gasteiger partial charge in [-0.15, -0.1) is 22.7 Å². The quantitative estimate of drug-likeness (QED) is 0.399. The van der Waals surface area contributed by atoms with Crippen LogP contribution in [0.5, 0.6) is 0 Å². The van der Waals surface area contributed by atoms with Gasteiger partial charge in [-0.1, -0.05) is 6.42 Å². The zero-order valence-electron chi connectivity index (χ0n) is 18.2. The molecule has 0 spiro atoms. The summed E-state index contributed by atoms with van der Waals surface area (Å²) < 4.78 is 7.35. The van der Waals surface area contributed by atoms with Gasteiger partial charge in [-0.25, -0.2) is 4.98 Å². The smallest absolute Gasteiger partial charge is 0.265 e. The highest BCUT2D eigenvalue weighted by Crippen LogP contribution is 2.31. The molecule has 0 N–H and O–H groups in total. The average molecular weight is 468 g/mol. The van der Waals surface area contributed by atoms with Gasteiger partial charge in [-0.3, -0.25) is 14.2 Å². The maximum atomic E-state index is 13.7. The third-order valence-electron chi connectivity index (χ3n) is 5.96. The Labute approximate surface area is 194 Å². The minimum atomic E-state index is -0.0902. The van der Waals surface area contributed by atoms with E-state index in [-0.39, 0.29) is 11.5 Å². The van der Waals surface area contributed by atoms with Crippen LogP contribution in [0.2, 0.25) is 0 Å². The zero-order valence-corrected chi connectivity index (χ0v) is 19.9. The third-order valence-corrected chi connectivity index (χ3v) is 8.12. The number of thiophene rings is 2. The number of fused-ring (bicyclic) bond motifs is 2. The molecule has 0 saturated carbocycles. The standard InChI is InChI=1S/C24H25N3O3S2/c1-15-9-10-18(31-15)14-26(13-17-7-6-12-30-17)24(29)21-16(2)20-22(32-21)25-19-8-4-3-5-11-27(19)23(20)28/h6-7,9-10,12H,3-5,8,11,13-14H2,1-2H3.